The van der Waals surface area contributed by atoms with E-state index in [2.05, 4.69) is 15.1 Å². The second-order valence-corrected chi connectivity index (χ2v) is 9.13. The van der Waals surface area contributed by atoms with Gasteiger partial charge in [-0.15, -0.1) is 10.2 Å². The fraction of sp³-hybridized carbons (Fsp3) is 0.357. The lowest BCUT2D eigenvalue weighted by Gasteiger charge is -2.36. The first-order valence-corrected chi connectivity index (χ1v) is 12.4. The second kappa shape index (κ2) is 11.7. The number of piperazine rings is 1. The third-order valence-corrected chi connectivity index (χ3v) is 6.50. The largest absolute Gasteiger partial charge is 0.497 e. The summed E-state index contributed by atoms with van der Waals surface area (Å²) >= 11 is 0. The Bertz CT molecular complexity index is 1210. The van der Waals surface area contributed by atoms with Gasteiger partial charge in [-0.25, -0.2) is 0 Å². The van der Waals surface area contributed by atoms with Crippen LogP contribution in [-0.4, -0.2) is 84.8 Å². The minimum Gasteiger partial charge on any atom is -0.497 e. The average Bonchev–Trinajstić information content (AvgIpc) is 2.95. The van der Waals surface area contributed by atoms with Crippen LogP contribution < -0.4 is 14.4 Å². The van der Waals surface area contributed by atoms with E-state index in [-0.39, 0.29) is 24.4 Å². The van der Waals surface area contributed by atoms with Gasteiger partial charge >= 0.3 is 0 Å². The molecular weight excluding hydrogens is 470 g/mol. The van der Waals surface area contributed by atoms with Crippen LogP contribution in [0.4, 0.5) is 5.82 Å². The topological polar surface area (TPSA) is 88.1 Å². The number of ether oxygens (including phenoxy) is 2. The van der Waals surface area contributed by atoms with Gasteiger partial charge in [0, 0.05) is 43.3 Å². The van der Waals surface area contributed by atoms with Gasteiger partial charge in [0.05, 0.1) is 19.9 Å². The van der Waals surface area contributed by atoms with Crippen LogP contribution in [0.5, 0.6) is 11.5 Å². The van der Waals surface area contributed by atoms with Crippen LogP contribution in [0, 0.1) is 0 Å². The molecule has 2 amide bonds. The zero-order valence-electron chi connectivity index (χ0n) is 21.8. The minimum atomic E-state index is -0.187. The molecule has 0 spiro atoms. The van der Waals surface area contributed by atoms with Crippen molar-refractivity contribution >= 4 is 17.6 Å². The Morgan fingerprint density at radius 1 is 0.892 bits per heavy atom. The Morgan fingerprint density at radius 3 is 2.19 bits per heavy atom. The number of rotatable bonds is 8. The molecule has 9 heteroatoms. The number of methoxy groups -OCH3 is 2. The van der Waals surface area contributed by atoms with Gasteiger partial charge in [-0.05, 0) is 68.4 Å². The fourth-order valence-electron chi connectivity index (χ4n) is 4.25. The highest BCUT2D eigenvalue weighted by Gasteiger charge is 2.27. The Morgan fingerprint density at radius 2 is 1.59 bits per heavy atom. The third-order valence-electron chi connectivity index (χ3n) is 6.50. The standard InChI is InChI=1S/C28H33N5O4/c1-20(2)33(28(35)22-6-5-7-24(18-22)37-4)19-27(34)32-16-14-31(15-17-32)26-13-12-25(29-30-26)21-8-10-23(36-3)11-9-21/h5-13,18,20H,14-17,19H2,1-4H3. The number of hydrogen-bond donors (Lipinski definition) is 0. The highest BCUT2D eigenvalue weighted by atomic mass is 16.5. The molecule has 9 nitrogen and oxygen atoms in total. The fourth-order valence-corrected chi connectivity index (χ4v) is 4.25. The smallest absolute Gasteiger partial charge is 0.254 e. The molecule has 0 bridgehead atoms. The number of carbonyl (C=O) groups excluding carboxylic acids is 2. The van der Waals surface area contributed by atoms with Crippen LogP contribution >= 0.6 is 0 Å². The zero-order valence-corrected chi connectivity index (χ0v) is 21.8. The van der Waals surface area contributed by atoms with E-state index in [4.69, 9.17) is 9.47 Å². The van der Waals surface area contributed by atoms with E-state index in [1.54, 1.807) is 43.4 Å². The Kier molecular flexibility index (Phi) is 8.22. The van der Waals surface area contributed by atoms with E-state index in [1.165, 1.54) is 0 Å². The first-order valence-electron chi connectivity index (χ1n) is 12.4. The van der Waals surface area contributed by atoms with Crippen molar-refractivity contribution in [3.63, 3.8) is 0 Å². The van der Waals surface area contributed by atoms with E-state index in [1.807, 2.05) is 55.1 Å². The summed E-state index contributed by atoms with van der Waals surface area (Å²) < 4.78 is 10.4. The van der Waals surface area contributed by atoms with Crippen molar-refractivity contribution in [1.82, 2.24) is 20.0 Å². The molecule has 0 atom stereocenters. The van der Waals surface area contributed by atoms with Crippen molar-refractivity contribution in [2.75, 3.05) is 51.8 Å². The van der Waals surface area contributed by atoms with E-state index in [9.17, 15) is 9.59 Å². The zero-order chi connectivity index (χ0) is 26.4. The summed E-state index contributed by atoms with van der Waals surface area (Å²) in [6.45, 7) is 6.26. The van der Waals surface area contributed by atoms with Crippen molar-refractivity contribution in [1.29, 1.82) is 0 Å². The maximum atomic E-state index is 13.1. The quantitative estimate of drug-likeness (QED) is 0.466. The number of amides is 2. The first kappa shape index (κ1) is 25.9. The maximum Gasteiger partial charge on any atom is 0.254 e. The predicted molar refractivity (Wildman–Crippen MR) is 142 cm³/mol. The average molecular weight is 504 g/mol. The predicted octanol–water partition coefficient (Wildman–Crippen LogP) is 3.36. The third kappa shape index (κ3) is 6.17. The van der Waals surface area contributed by atoms with Crippen molar-refractivity contribution < 1.29 is 19.1 Å². The van der Waals surface area contributed by atoms with Gasteiger partial charge in [0.2, 0.25) is 5.91 Å². The van der Waals surface area contributed by atoms with Crippen LogP contribution in [0.15, 0.2) is 60.7 Å². The van der Waals surface area contributed by atoms with Gasteiger partial charge in [-0.1, -0.05) is 6.07 Å². The first-order chi connectivity index (χ1) is 17.9. The summed E-state index contributed by atoms with van der Waals surface area (Å²) in [5.41, 5.74) is 2.26. The normalized spacial score (nSPS) is 13.4. The van der Waals surface area contributed by atoms with E-state index < -0.39 is 0 Å². The summed E-state index contributed by atoms with van der Waals surface area (Å²) in [5.74, 6) is 1.93. The molecule has 2 aromatic carbocycles. The van der Waals surface area contributed by atoms with E-state index in [0.29, 0.717) is 37.5 Å². The number of carbonyl (C=O) groups is 2. The van der Waals surface area contributed by atoms with Crippen LogP contribution in [0.1, 0.15) is 24.2 Å². The van der Waals surface area contributed by atoms with Gasteiger partial charge in [-0.2, -0.15) is 0 Å². The van der Waals surface area contributed by atoms with Gasteiger partial charge in [0.1, 0.15) is 18.0 Å². The Hall–Kier alpha value is -4.14. The summed E-state index contributed by atoms with van der Waals surface area (Å²) in [4.78, 5) is 31.8. The van der Waals surface area contributed by atoms with Crippen LogP contribution in [0.25, 0.3) is 11.3 Å². The van der Waals surface area contributed by atoms with Gasteiger partial charge in [0.15, 0.2) is 5.82 Å². The summed E-state index contributed by atoms with van der Waals surface area (Å²) in [7, 11) is 3.20. The monoisotopic (exact) mass is 503 g/mol. The van der Waals surface area contributed by atoms with Gasteiger partial charge < -0.3 is 24.2 Å². The molecular formula is C28H33N5O4. The lowest BCUT2D eigenvalue weighted by Crippen LogP contribution is -2.53. The SMILES string of the molecule is COc1ccc(-c2ccc(N3CCN(C(=O)CN(C(=O)c4cccc(OC)c4)C(C)C)CC3)nn2)cc1. The number of aromatic nitrogens is 2. The molecule has 3 aromatic rings. The van der Waals surface area contributed by atoms with Gasteiger partial charge in [-0.3, -0.25) is 9.59 Å². The maximum absolute atomic E-state index is 13.1. The van der Waals surface area contributed by atoms with E-state index >= 15 is 0 Å². The van der Waals surface area contributed by atoms with Crippen LogP contribution in [0.3, 0.4) is 0 Å². The van der Waals surface area contributed by atoms with Crippen LogP contribution in [0.2, 0.25) is 0 Å². The molecule has 0 unspecified atom stereocenters. The molecule has 1 saturated heterocycles. The molecule has 0 saturated carbocycles. The molecule has 194 valence electrons. The van der Waals surface area contributed by atoms with Crippen molar-refractivity contribution in [2.45, 2.75) is 19.9 Å². The van der Waals surface area contributed by atoms with E-state index in [0.717, 1.165) is 22.8 Å². The molecule has 4 rings (SSSR count). The Labute approximate surface area is 217 Å². The lowest BCUT2D eigenvalue weighted by atomic mass is 10.1. The van der Waals surface area contributed by atoms with Crippen LogP contribution in [-0.2, 0) is 4.79 Å². The van der Waals surface area contributed by atoms with Crippen molar-refractivity contribution in [3.8, 4) is 22.8 Å². The molecule has 2 heterocycles. The highest BCUT2D eigenvalue weighted by molar-refractivity contribution is 5.97. The summed E-state index contributed by atoms with van der Waals surface area (Å²) in [5, 5.41) is 8.80. The Balaban J connectivity index is 1.34. The molecule has 1 aliphatic heterocycles. The molecule has 1 aromatic heterocycles. The molecule has 37 heavy (non-hydrogen) atoms. The summed E-state index contributed by atoms with van der Waals surface area (Å²) in [6.07, 6.45) is 0. The molecule has 0 radical (unpaired) electrons. The number of benzene rings is 2. The molecule has 0 N–H and O–H groups in total. The number of anilines is 1. The van der Waals surface area contributed by atoms with Crippen molar-refractivity contribution in [3.05, 3.63) is 66.2 Å². The number of hydrogen-bond acceptors (Lipinski definition) is 7. The molecule has 0 aliphatic carbocycles. The van der Waals surface area contributed by atoms with Crippen molar-refractivity contribution in [2.24, 2.45) is 0 Å². The second-order valence-electron chi connectivity index (χ2n) is 9.13. The summed E-state index contributed by atoms with van der Waals surface area (Å²) in [6, 6.07) is 18.5. The highest BCUT2D eigenvalue weighted by Crippen LogP contribution is 2.22. The minimum absolute atomic E-state index is 0.0318. The molecule has 1 fully saturated rings. The van der Waals surface area contributed by atoms with Gasteiger partial charge in [0.25, 0.3) is 5.91 Å². The number of nitrogens with zero attached hydrogens (tertiary/aromatic N) is 5. The molecule has 1 aliphatic rings. The lowest BCUT2D eigenvalue weighted by molar-refractivity contribution is -0.132.